The minimum absolute atomic E-state index is 0.0486. The number of para-hydroxylation sites is 1. The monoisotopic (exact) mass is 477 g/mol. The van der Waals surface area contributed by atoms with Gasteiger partial charge in [0.05, 0.1) is 19.1 Å². The van der Waals surface area contributed by atoms with Crippen LogP contribution in [0.5, 0.6) is 11.5 Å². The summed E-state index contributed by atoms with van der Waals surface area (Å²) < 4.78 is 10.9. The topological polar surface area (TPSA) is 106 Å². The highest BCUT2D eigenvalue weighted by Gasteiger charge is 2.25. The van der Waals surface area contributed by atoms with Crippen molar-refractivity contribution < 1.29 is 29.0 Å². The number of ketones is 1. The normalized spacial score (nSPS) is 10.8. The second-order valence-electron chi connectivity index (χ2n) is 7.58. The molecule has 0 aliphatic rings. The van der Waals surface area contributed by atoms with Crippen molar-refractivity contribution in [2.75, 3.05) is 7.11 Å². The molecule has 8 heteroatoms. The molecule has 0 spiro atoms. The van der Waals surface area contributed by atoms with E-state index in [1.54, 1.807) is 55.5 Å². The summed E-state index contributed by atoms with van der Waals surface area (Å²) in [7, 11) is 1.47. The van der Waals surface area contributed by atoms with E-state index in [2.05, 4.69) is 4.98 Å². The smallest absolute Gasteiger partial charge is 0.339 e. The number of carboxylic acid groups (broad SMARTS) is 1. The van der Waals surface area contributed by atoms with Crippen molar-refractivity contribution in [2.24, 2.45) is 0 Å². The summed E-state index contributed by atoms with van der Waals surface area (Å²) in [6.45, 7) is 1.79. The largest absolute Gasteiger partial charge is 0.496 e. The van der Waals surface area contributed by atoms with Gasteiger partial charge in [-0.25, -0.2) is 4.79 Å². The van der Waals surface area contributed by atoms with E-state index in [0.717, 1.165) is 0 Å². The molecular formula is C26H20ClNO6. The van der Waals surface area contributed by atoms with E-state index in [1.807, 2.05) is 0 Å². The average molecular weight is 478 g/mol. The number of H-pyrrole nitrogens is 1. The number of ether oxygens (including phenoxy) is 2. The van der Waals surface area contributed by atoms with Crippen molar-refractivity contribution in [1.82, 2.24) is 4.98 Å². The van der Waals surface area contributed by atoms with Crippen molar-refractivity contribution in [3.05, 3.63) is 93.6 Å². The van der Waals surface area contributed by atoms with Gasteiger partial charge in [0.2, 0.25) is 0 Å². The molecule has 0 saturated heterocycles. The molecule has 2 N–H and O–H groups in total. The number of hydrogen-bond acceptors (Lipinski definition) is 5. The number of aromatic amines is 1. The third-order valence-corrected chi connectivity index (χ3v) is 5.71. The number of aromatic nitrogens is 1. The van der Waals surface area contributed by atoms with Gasteiger partial charge < -0.3 is 19.6 Å². The van der Waals surface area contributed by atoms with Gasteiger partial charge in [-0.2, -0.15) is 0 Å². The summed E-state index contributed by atoms with van der Waals surface area (Å²) in [5, 5.41) is 10.4. The number of carbonyl (C=O) groups is 3. The Morgan fingerprint density at radius 2 is 1.68 bits per heavy atom. The number of halogens is 1. The van der Waals surface area contributed by atoms with E-state index < -0.39 is 11.9 Å². The SMILES string of the molecule is COc1ccc2[nH]c(C)c(CC(=O)Oc3ccccc3C(=O)O)c2c1C(=O)c1ccc(Cl)cc1. The maximum atomic E-state index is 13.5. The summed E-state index contributed by atoms with van der Waals surface area (Å²) in [4.78, 5) is 41.0. The van der Waals surface area contributed by atoms with Gasteiger partial charge in [-0.1, -0.05) is 23.7 Å². The summed E-state index contributed by atoms with van der Waals surface area (Å²) in [5.41, 5.74) is 2.50. The molecule has 0 amide bonds. The summed E-state index contributed by atoms with van der Waals surface area (Å²) >= 11 is 5.97. The van der Waals surface area contributed by atoms with Crippen LogP contribution in [0.25, 0.3) is 10.9 Å². The standard InChI is InChI=1S/C26H20ClNO6/c1-14-18(13-22(29)34-20-6-4-3-5-17(20)26(31)32)23-19(28-14)11-12-21(33-2)24(23)25(30)15-7-9-16(27)10-8-15/h3-12,28H,13H2,1-2H3,(H,31,32). The maximum absolute atomic E-state index is 13.5. The van der Waals surface area contributed by atoms with Crippen LogP contribution in [-0.4, -0.2) is 34.9 Å². The van der Waals surface area contributed by atoms with Gasteiger partial charge in [-0.3, -0.25) is 9.59 Å². The fourth-order valence-electron chi connectivity index (χ4n) is 3.86. The second-order valence-corrected chi connectivity index (χ2v) is 8.02. The molecule has 0 atom stereocenters. The number of carbonyl (C=O) groups excluding carboxylic acids is 2. The maximum Gasteiger partial charge on any atom is 0.339 e. The number of aromatic carboxylic acids is 1. The number of methoxy groups -OCH3 is 1. The van der Waals surface area contributed by atoms with Crippen LogP contribution in [0.3, 0.4) is 0 Å². The van der Waals surface area contributed by atoms with Crippen molar-refractivity contribution >= 4 is 40.2 Å². The lowest BCUT2D eigenvalue weighted by molar-refractivity contribution is -0.133. The first kappa shape index (κ1) is 23.1. The Labute approximate surface area is 199 Å². The average Bonchev–Trinajstić information content (AvgIpc) is 3.13. The number of rotatable bonds is 7. The molecule has 0 bridgehead atoms. The van der Waals surface area contributed by atoms with Gasteiger partial charge in [0.1, 0.15) is 17.1 Å². The number of nitrogens with one attached hydrogen (secondary N) is 1. The summed E-state index contributed by atoms with van der Waals surface area (Å²) in [6.07, 6.45) is -0.187. The number of aryl methyl sites for hydroxylation is 1. The van der Waals surface area contributed by atoms with Crippen molar-refractivity contribution in [3.8, 4) is 11.5 Å². The first-order chi connectivity index (χ1) is 16.3. The molecule has 0 unspecified atom stereocenters. The van der Waals surface area contributed by atoms with Gasteiger partial charge in [0.15, 0.2) is 5.78 Å². The highest BCUT2D eigenvalue weighted by molar-refractivity contribution is 6.30. The van der Waals surface area contributed by atoms with E-state index >= 15 is 0 Å². The van der Waals surface area contributed by atoms with Crippen molar-refractivity contribution in [3.63, 3.8) is 0 Å². The molecule has 0 fully saturated rings. The Kier molecular flexibility index (Phi) is 6.38. The zero-order valence-corrected chi connectivity index (χ0v) is 19.1. The lowest BCUT2D eigenvalue weighted by Crippen LogP contribution is -2.14. The van der Waals surface area contributed by atoms with Gasteiger partial charge >= 0.3 is 11.9 Å². The fraction of sp³-hybridized carbons (Fsp3) is 0.115. The van der Waals surface area contributed by atoms with Crippen LogP contribution in [0.1, 0.15) is 37.5 Å². The molecule has 4 aromatic rings. The Morgan fingerprint density at radius 1 is 0.971 bits per heavy atom. The molecule has 34 heavy (non-hydrogen) atoms. The van der Waals surface area contributed by atoms with E-state index in [1.165, 1.54) is 19.2 Å². The molecule has 0 aliphatic heterocycles. The highest BCUT2D eigenvalue weighted by Crippen LogP contribution is 2.35. The molecule has 172 valence electrons. The predicted octanol–water partition coefficient (Wildman–Crippen LogP) is 5.22. The third kappa shape index (κ3) is 4.38. The fourth-order valence-corrected chi connectivity index (χ4v) is 3.99. The van der Waals surface area contributed by atoms with Crippen LogP contribution in [0.4, 0.5) is 0 Å². The van der Waals surface area contributed by atoms with Gasteiger partial charge in [-0.15, -0.1) is 0 Å². The Hall–Kier alpha value is -4.10. The first-order valence-corrected chi connectivity index (χ1v) is 10.7. The van der Waals surface area contributed by atoms with E-state index in [0.29, 0.717) is 44.1 Å². The Bertz CT molecular complexity index is 1420. The Morgan fingerprint density at radius 3 is 2.35 bits per heavy atom. The minimum atomic E-state index is -1.20. The molecule has 0 saturated carbocycles. The highest BCUT2D eigenvalue weighted by atomic mass is 35.5. The minimum Gasteiger partial charge on any atom is -0.496 e. The van der Waals surface area contributed by atoms with E-state index in [-0.39, 0.29) is 23.5 Å². The molecular weight excluding hydrogens is 458 g/mol. The zero-order chi connectivity index (χ0) is 24.4. The number of benzene rings is 3. The van der Waals surface area contributed by atoms with Crippen molar-refractivity contribution in [1.29, 1.82) is 0 Å². The molecule has 0 radical (unpaired) electrons. The summed E-state index contributed by atoms with van der Waals surface area (Å²) in [5.74, 6) is -1.84. The zero-order valence-electron chi connectivity index (χ0n) is 18.3. The van der Waals surface area contributed by atoms with E-state index in [9.17, 15) is 19.5 Å². The Balaban J connectivity index is 1.77. The second kappa shape index (κ2) is 9.41. The quantitative estimate of drug-likeness (QED) is 0.215. The number of hydrogen-bond donors (Lipinski definition) is 2. The number of carboxylic acids is 1. The van der Waals surface area contributed by atoms with Crippen LogP contribution in [0.15, 0.2) is 60.7 Å². The van der Waals surface area contributed by atoms with E-state index in [4.69, 9.17) is 21.1 Å². The van der Waals surface area contributed by atoms with Crippen LogP contribution in [-0.2, 0) is 11.2 Å². The van der Waals surface area contributed by atoms with Crippen LogP contribution < -0.4 is 9.47 Å². The molecule has 1 aromatic heterocycles. The van der Waals surface area contributed by atoms with Crippen LogP contribution in [0.2, 0.25) is 5.02 Å². The summed E-state index contributed by atoms with van der Waals surface area (Å²) in [6, 6.07) is 15.9. The molecule has 4 rings (SSSR count). The van der Waals surface area contributed by atoms with Gasteiger partial charge in [0.25, 0.3) is 0 Å². The third-order valence-electron chi connectivity index (χ3n) is 5.46. The van der Waals surface area contributed by atoms with Gasteiger partial charge in [0, 0.05) is 27.2 Å². The molecule has 3 aromatic carbocycles. The predicted molar refractivity (Wildman–Crippen MR) is 127 cm³/mol. The van der Waals surface area contributed by atoms with Gasteiger partial charge in [-0.05, 0) is 61.0 Å². The van der Waals surface area contributed by atoms with Crippen LogP contribution >= 0.6 is 11.6 Å². The number of fused-ring (bicyclic) bond motifs is 1. The van der Waals surface area contributed by atoms with Crippen LogP contribution in [0, 0.1) is 6.92 Å². The van der Waals surface area contributed by atoms with Crippen molar-refractivity contribution in [2.45, 2.75) is 13.3 Å². The molecule has 0 aliphatic carbocycles. The lowest BCUT2D eigenvalue weighted by Gasteiger charge is -2.12. The number of esters is 1. The molecule has 7 nitrogen and oxygen atoms in total. The molecule has 1 heterocycles. The lowest BCUT2D eigenvalue weighted by atomic mass is 9.95. The first-order valence-electron chi connectivity index (χ1n) is 10.3.